The van der Waals surface area contributed by atoms with Crippen LogP contribution in [-0.4, -0.2) is 21.8 Å². The minimum atomic E-state index is -0.0767. The van der Waals surface area contributed by atoms with Crippen LogP contribution >= 0.6 is 0 Å². The first kappa shape index (κ1) is 16.0. The SMILES string of the molecule is Cc1cc(-n2c(C)cc(/C=N\NC(=O)CC(C)C)c2C)no1. The van der Waals surface area contributed by atoms with Crippen LogP contribution in [0.5, 0.6) is 0 Å². The fraction of sp³-hybridized carbons (Fsp3) is 0.438. The largest absolute Gasteiger partial charge is 0.360 e. The van der Waals surface area contributed by atoms with E-state index in [4.69, 9.17) is 4.52 Å². The fourth-order valence-electron chi connectivity index (χ4n) is 2.32. The highest BCUT2D eigenvalue weighted by molar-refractivity contribution is 5.84. The molecule has 0 aliphatic heterocycles. The monoisotopic (exact) mass is 302 g/mol. The van der Waals surface area contributed by atoms with Crippen molar-refractivity contribution in [2.24, 2.45) is 11.0 Å². The number of aromatic nitrogens is 2. The summed E-state index contributed by atoms with van der Waals surface area (Å²) in [5.74, 6) is 1.75. The highest BCUT2D eigenvalue weighted by Gasteiger charge is 2.12. The molecule has 2 aromatic heterocycles. The molecule has 0 bridgehead atoms. The van der Waals surface area contributed by atoms with Crippen molar-refractivity contribution in [3.8, 4) is 5.82 Å². The van der Waals surface area contributed by atoms with Crippen molar-refractivity contribution in [2.75, 3.05) is 0 Å². The number of carbonyl (C=O) groups is 1. The minimum Gasteiger partial charge on any atom is -0.360 e. The van der Waals surface area contributed by atoms with Gasteiger partial charge in [-0.05, 0) is 32.8 Å². The third-order valence-corrected chi connectivity index (χ3v) is 3.30. The van der Waals surface area contributed by atoms with Crippen LogP contribution in [-0.2, 0) is 4.79 Å². The Balaban J connectivity index is 2.15. The quantitative estimate of drug-likeness (QED) is 0.682. The van der Waals surface area contributed by atoms with Crippen LogP contribution in [0.15, 0.2) is 21.8 Å². The number of amides is 1. The first-order chi connectivity index (χ1) is 10.4. The summed E-state index contributed by atoms with van der Waals surface area (Å²) >= 11 is 0. The van der Waals surface area contributed by atoms with Gasteiger partial charge in [-0.3, -0.25) is 9.36 Å². The fourth-order valence-corrected chi connectivity index (χ4v) is 2.32. The van der Waals surface area contributed by atoms with Gasteiger partial charge in [-0.2, -0.15) is 5.10 Å². The molecular formula is C16H22N4O2. The third kappa shape index (κ3) is 3.63. The van der Waals surface area contributed by atoms with Gasteiger partial charge in [0.1, 0.15) is 5.76 Å². The number of rotatable bonds is 5. The first-order valence-electron chi connectivity index (χ1n) is 7.33. The van der Waals surface area contributed by atoms with Crippen molar-refractivity contribution in [1.29, 1.82) is 0 Å². The molecule has 6 nitrogen and oxygen atoms in total. The molecule has 2 rings (SSSR count). The molecule has 1 N–H and O–H groups in total. The van der Waals surface area contributed by atoms with Gasteiger partial charge in [0.25, 0.3) is 0 Å². The molecule has 0 aromatic carbocycles. The molecule has 0 radical (unpaired) electrons. The number of nitrogens with one attached hydrogen (secondary N) is 1. The predicted molar refractivity (Wildman–Crippen MR) is 85.2 cm³/mol. The zero-order valence-electron chi connectivity index (χ0n) is 13.7. The summed E-state index contributed by atoms with van der Waals surface area (Å²) in [7, 11) is 0. The standard InChI is InChI=1S/C16H22N4O2/c1-10(2)6-16(21)18-17-9-14-7-11(3)20(13(14)5)15-8-12(4)22-19-15/h7-10H,6H2,1-5H3,(H,18,21)/b17-9-. The van der Waals surface area contributed by atoms with Crippen LogP contribution in [0.2, 0.25) is 0 Å². The number of hydrogen-bond donors (Lipinski definition) is 1. The number of nitrogens with zero attached hydrogens (tertiary/aromatic N) is 3. The Morgan fingerprint density at radius 3 is 2.73 bits per heavy atom. The molecule has 2 heterocycles. The molecule has 22 heavy (non-hydrogen) atoms. The Morgan fingerprint density at radius 2 is 2.14 bits per heavy atom. The number of carbonyl (C=O) groups excluding carboxylic acids is 1. The van der Waals surface area contributed by atoms with Crippen molar-refractivity contribution in [3.05, 3.63) is 34.8 Å². The second-order valence-electron chi connectivity index (χ2n) is 5.85. The average molecular weight is 302 g/mol. The molecule has 6 heteroatoms. The zero-order chi connectivity index (χ0) is 16.3. The second-order valence-corrected chi connectivity index (χ2v) is 5.85. The van der Waals surface area contributed by atoms with Gasteiger partial charge in [0.2, 0.25) is 5.91 Å². The lowest BCUT2D eigenvalue weighted by atomic mass is 10.1. The van der Waals surface area contributed by atoms with Crippen molar-refractivity contribution in [3.63, 3.8) is 0 Å². The second kappa shape index (κ2) is 6.60. The van der Waals surface area contributed by atoms with E-state index < -0.39 is 0 Å². The summed E-state index contributed by atoms with van der Waals surface area (Å²) in [6, 6.07) is 3.88. The summed E-state index contributed by atoms with van der Waals surface area (Å²) in [6.07, 6.45) is 2.12. The van der Waals surface area contributed by atoms with Crippen LogP contribution in [0.25, 0.3) is 5.82 Å². The van der Waals surface area contributed by atoms with Gasteiger partial charge >= 0.3 is 0 Å². The molecule has 0 spiro atoms. The Labute approximate surface area is 130 Å². The number of hydrazone groups is 1. The van der Waals surface area contributed by atoms with E-state index in [0.29, 0.717) is 12.3 Å². The van der Waals surface area contributed by atoms with Crippen LogP contribution in [0.1, 0.15) is 43.0 Å². The van der Waals surface area contributed by atoms with Crippen LogP contribution in [0.3, 0.4) is 0 Å². The number of hydrogen-bond acceptors (Lipinski definition) is 4. The van der Waals surface area contributed by atoms with Crippen molar-refractivity contribution in [2.45, 2.75) is 41.0 Å². The van der Waals surface area contributed by atoms with Gasteiger partial charge in [0.15, 0.2) is 5.82 Å². The Kier molecular flexibility index (Phi) is 4.80. The van der Waals surface area contributed by atoms with Gasteiger partial charge in [0, 0.05) is 29.4 Å². The number of aryl methyl sites for hydroxylation is 2. The highest BCUT2D eigenvalue weighted by atomic mass is 16.5. The Morgan fingerprint density at radius 1 is 1.41 bits per heavy atom. The maximum Gasteiger partial charge on any atom is 0.240 e. The molecule has 0 atom stereocenters. The first-order valence-corrected chi connectivity index (χ1v) is 7.33. The van der Waals surface area contributed by atoms with Gasteiger partial charge in [-0.15, -0.1) is 0 Å². The lowest BCUT2D eigenvalue weighted by Crippen LogP contribution is -2.19. The van der Waals surface area contributed by atoms with E-state index in [-0.39, 0.29) is 5.91 Å². The molecule has 0 aliphatic rings. The van der Waals surface area contributed by atoms with Crippen LogP contribution < -0.4 is 5.43 Å². The van der Waals surface area contributed by atoms with Crippen LogP contribution in [0.4, 0.5) is 0 Å². The predicted octanol–water partition coefficient (Wildman–Crippen LogP) is 2.89. The molecule has 0 saturated carbocycles. The molecule has 0 unspecified atom stereocenters. The van der Waals surface area contributed by atoms with E-state index in [0.717, 1.165) is 28.5 Å². The van der Waals surface area contributed by atoms with E-state index >= 15 is 0 Å². The van der Waals surface area contributed by atoms with Crippen LogP contribution in [0, 0.1) is 26.7 Å². The van der Waals surface area contributed by atoms with Gasteiger partial charge in [-0.25, -0.2) is 5.43 Å². The van der Waals surface area contributed by atoms with Crippen molar-refractivity contribution in [1.82, 2.24) is 15.1 Å². The molecule has 0 saturated heterocycles. The maximum atomic E-state index is 11.6. The molecule has 2 aromatic rings. The Bertz CT molecular complexity index is 695. The summed E-state index contributed by atoms with van der Waals surface area (Å²) in [6.45, 7) is 9.82. The van der Waals surface area contributed by atoms with E-state index in [1.165, 1.54) is 0 Å². The molecule has 0 aliphatic carbocycles. The molecule has 0 fully saturated rings. The minimum absolute atomic E-state index is 0.0767. The van der Waals surface area contributed by atoms with Gasteiger partial charge in [0.05, 0.1) is 6.21 Å². The summed E-state index contributed by atoms with van der Waals surface area (Å²) in [4.78, 5) is 11.6. The Hall–Kier alpha value is -2.37. The van der Waals surface area contributed by atoms with E-state index in [2.05, 4.69) is 15.7 Å². The third-order valence-electron chi connectivity index (χ3n) is 3.30. The van der Waals surface area contributed by atoms with E-state index in [9.17, 15) is 4.79 Å². The van der Waals surface area contributed by atoms with Gasteiger partial charge in [-0.1, -0.05) is 19.0 Å². The summed E-state index contributed by atoms with van der Waals surface area (Å²) in [5, 5.41) is 8.06. The van der Waals surface area contributed by atoms with Crippen molar-refractivity contribution >= 4 is 12.1 Å². The smallest absolute Gasteiger partial charge is 0.240 e. The van der Waals surface area contributed by atoms with Gasteiger partial charge < -0.3 is 4.52 Å². The average Bonchev–Trinajstić information content (AvgIpc) is 2.93. The molecule has 1 amide bonds. The normalized spacial score (nSPS) is 11.5. The highest BCUT2D eigenvalue weighted by Crippen LogP contribution is 2.19. The van der Waals surface area contributed by atoms with E-state index in [1.54, 1.807) is 6.21 Å². The molecular weight excluding hydrogens is 280 g/mol. The summed E-state index contributed by atoms with van der Waals surface area (Å²) in [5.41, 5.74) is 5.50. The van der Waals surface area contributed by atoms with Crippen molar-refractivity contribution < 1.29 is 9.32 Å². The maximum absolute atomic E-state index is 11.6. The lowest BCUT2D eigenvalue weighted by molar-refractivity contribution is -0.121. The lowest BCUT2D eigenvalue weighted by Gasteiger charge is -2.04. The summed E-state index contributed by atoms with van der Waals surface area (Å²) < 4.78 is 7.12. The van der Waals surface area contributed by atoms with E-state index in [1.807, 2.05) is 51.3 Å². The molecule has 118 valence electrons. The zero-order valence-corrected chi connectivity index (χ0v) is 13.7. The topological polar surface area (TPSA) is 72.4 Å².